The number of benzene rings is 3. The minimum Gasteiger partial charge on any atom is -0.493 e. The minimum atomic E-state index is -0.579. The van der Waals surface area contributed by atoms with E-state index in [2.05, 4.69) is 15.6 Å². The molecule has 2 amide bonds. The third-order valence-electron chi connectivity index (χ3n) is 7.01. The van der Waals surface area contributed by atoms with Gasteiger partial charge in [0, 0.05) is 22.9 Å². The highest BCUT2D eigenvalue weighted by Gasteiger charge is 2.30. The topological polar surface area (TPSA) is 113 Å². The van der Waals surface area contributed by atoms with Crippen LogP contribution in [0.15, 0.2) is 72.0 Å². The Hall–Kier alpha value is -4.71. The summed E-state index contributed by atoms with van der Waals surface area (Å²) in [4.78, 5) is 29.9. The molecule has 1 heterocycles. The van der Waals surface area contributed by atoms with Gasteiger partial charge in [-0.1, -0.05) is 31.7 Å². The molecule has 44 heavy (non-hydrogen) atoms. The number of thioether (sulfide) groups is 1. The second-order valence-electron chi connectivity index (χ2n) is 10.1. The SMILES string of the molecule is COc1ccc(NC(=O)CNC(=O)CSc2ncc(C(C)(C)c3ccc(OC)c(OC)c3)n2-c2ccc(F)cc2)cc1OC. The molecule has 0 saturated heterocycles. The molecule has 0 aliphatic heterocycles. The van der Waals surface area contributed by atoms with Gasteiger partial charge in [0.25, 0.3) is 0 Å². The van der Waals surface area contributed by atoms with Crippen LogP contribution in [0.25, 0.3) is 5.69 Å². The number of carbonyl (C=O) groups excluding carboxylic acids is 2. The van der Waals surface area contributed by atoms with Crippen molar-refractivity contribution >= 4 is 29.3 Å². The van der Waals surface area contributed by atoms with Gasteiger partial charge < -0.3 is 29.6 Å². The number of amides is 2. The first-order valence-corrected chi connectivity index (χ1v) is 14.6. The summed E-state index contributed by atoms with van der Waals surface area (Å²) in [7, 11) is 6.19. The van der Waals surface area contributed by atoms with E-state index in [9.17, 15) is 14.0 Å². The van der Waals surface area contributed by atoms with E-state index in [1.165, 1.54) is 38.1 Å². The van der Waals surface area contributed by atoms with Crippen LogP contribution in [0.5, 0.6) is 23.0 Å². The molecular formula is C32H35FN4O6S. The molecule has 0 radical (unpaired) electrons. The van der Waals surface area contributed by atoms with E-state index in [0.29, 0.717) is 39.5 Å². The molecule has 0 fully saturated rings. The Kier molecular flexibility index (Phi) is 10.4. The van der Waals surface area contributed by atoms with Gasteiger partial charge in [-0.2, -0.15) is 0 Å². The zero-order chi connectivity index (χ0) is 31.9. The van der Waals surface area contributed by atoms with Crippen molar-refractivity contribution < 1.29 is 32.9 Å². The summed E-state index contributed by atoms with van der Waals surface area (Å²) in [5.41, 5.74) is 2.36. The van der Waals surface area contributed by atoms with Crippen molar-refractivity contribution in [3.8, 4) is 28.7 Å². The molecule has 0 atom stereocenters. The van der Waals surface area contributed by atoms with Crippen LogP contribution in [0.4, 0.5) is 10.1 Å². The third-order valence-corrected chi connectivity index (χ3v) is 7.96. The van der Waals surface area contributed by atoms with Gasteiger partial charge >= 0.3 is 0 Å². The fourth-order valence-electron chi connectivity index (χ4n) is 4.57. The van der Waals surface area contributed by atoms with Crippen LogP contribution < -0.4 is 29.6 Å². The van der Waals surface area contributed by atoms with E-state index in [4.69, 9.17) is 18.9 Å². The molecule has 0 saturated carbocycles. The van der Waals surface area contributed by atoms with Crippen LogP contribution in [0.3, 0.4) is 0 Å². The summed E-state index contributed by atoms with van der Waals surface area (Å²) in [6.45, 7) is 3.87. The number of methoxy groups -OCH3 is 4. The number of anilines is 1. The van der Waals surface area contributed by atoms with E-state index in [1.54, 1.807) is 50.7 Å². The fraction of sp³-hybridized carbons (Fsp3) is 0.281. The molecule has 0 bridgehead atoms. The van der Waals surface area contributed by atoms with Gasteiger partial charge in [0.05, 0.1) is 52.6 Å². The zero-order valence-electron chi connectivity index (χ0n) is 25.4. The first kappa shape index (κ1) is 32.2. The molecule has 0 aliphatic carbocycles. The molecule has 0 aliphatic rings. The second-order valence-corrected chi connectivity index (χ2v) is 11.1. The lowest BCUT2D eigenvalue weighted by Gasteiger charge is -2.28. The van der Waals surface area contributed by atoms with Crippen molar-refractivity contribution in [3.63, 3.8) is 0 Å². The van der Waals surface area contributed by atoms with Crippen molar-refractivity contribution in [1.29, 1.82) is 0 Å². The Morgan fingerprint density at radius 1 is 0.841 bits per heavy atom. The Balaban J connectivity index is 1.50. The standard InChI is InChI=1S/C32H35FN4O6S/c1-32(2,20-7-13-24(40-3)26(15-20)42-5)28-17-35-31(37(28)23-11-8-21(33)9-12-23)44-19-30(39)34-18-29(38)36-22-10-14-25(41-4)27(16-22)43-6/h7-17H,18-19H2,1-6H3,(H,34,39)(H,36,38). The first-order valence-electron chi connectivity index (χ1n) is 13.6. The van der Waals surface area contributed by atoms with Crippen molar-refractivity contribution in [1.82, 2.24) is 14.9 Å². The van der Waals surface area contributed by atoms with Crippen molar-refractivity contribution in [3.05, 3.63) is 83.9 Å². The maximum absolute atomic E-state index is 13.8. The maximum Gasteiger partial charge on any atom is 0.243 e. The lowest BCUT2D eigenvalue weighted by Crippen LogP contribution is -2.34. The number of hydrogen-bond donors (Lipinski definition) is 2. The summed E-state index contributed by atoms with van der Waals surface area (Å²) in [6, 6.07) is 16.8. The highest BCUT2D eigenvalue weighted by atomic mass is 32.2. The second kappa shape index (κ2) is 14.2. The van der Waals surface area contributed by atoms with Gasteiger partial charge in [-0.3, -0.25) is 14.2 Å². The third kappa shape index (κ3) is 7.25. The fourth-order valence-corrected chi connectivity index (χ4v) is 5.39. The van der Waals surface area contributed by atoms with Crippen LogP contribution in [-0.4, -0.2) is 62.1 Å². The number of hydrogen-bond acceptors (Lipinski definition) is 8. The molecule has 12 heteroatoms. The van der Waals surface area contributed by atoms with Crippen LogP contribution in [-0.2, 0) is 15.0 Å². The van der Waals surface area contributed by atoms with Gasteiger partial charge in [-0.05, 0) is 54.1 Å². The van der Waals surface area contributed by atoms with E-state index >= 15 is 0 Å². The van der Waals surface area contributed by atoms with E-state index in [-0.39, 0.29) is 24.0 Å². The summed E-state index contributed by atoms with van der Waals surface area (Å²) < 4.78 is 37.1. The largest absolute Gasteiger partial charge is 0.493 e. The predicted molar refractivity (Wildman–Crippen MR) is 167 cm³/mol. The smallest absolute Gasteiger partial charge is 0.243 e. The number of ether oxygens (including phenoxy) is 4. The number of rotatable bonds is 13. The highest BCUT2D eigenvalue weighted by Crippen LogP contribution is 2.39. The number of carbonyl (C=O) groups is 2. The molecule has 4 aromatic rings. The summed E-state index contributed by atoms with van der Waals surface area (Å²) in [6.07, 6.45) is 1.75. The van der Waals surface area contributed by atoms with E-state index < -0.39 is 11.3 Å². The monoisotopic (exact) mass is 622 g/mol. The zero-order valence-corrected chi connectivity index (χ0v) is 26.2. The number of halogens is 1. The van der Waals surface area contributed by atoms with E-state index in [0.717, 1.165) is 11.3 Å². The maximum atomic E-state index is 13.8. The Morgan fingerprint density at radius 2 is 1.45 bits per heavy atom. The van der Waals surface area contributed by atoms with Crippen LogP contribution in [0, 0.1) is 5.82 Å². The molecule has 3 aromatic carbocycles. The van der Waals surface area contributed by atoms with Gasteiger partial charge in [-0.25, -0.2) is 9.37 Å². The number of imidazole rings is 1. The highest BCUT2D eigenvalue weighted by molar-refractivity contribution is 7.99. The summed E-state index contributed by atoms with van der Waals surface area (Å²) in [5, 5.41) is 5.89. The lowest BCUT2D eigenvalue weighted by atomic mass is 9.81. The molecule has 2 N–H and O–H groups in total. The Labute approximate surface area is 259 Å². The van der Waals surface area contributed by atoms with Crippen LogP contribution in [0.2, 0.25) is 0 Å². The van der Waals surface area contributed by atoms with Crippen molar-refractivity contribution in [2.45, 2.75) is 24.4 Å². The van der Waals surface area contributed by atoms with Gasteiger partial charge in [-0.15, -0.1) is 0 Å². The lowest BCUT2D eigenvalue weighted by molar-refractivity contribution is -0.122. The van der Waals surface area contributed by atoms with Gasteiger partial charge in [0.1, 0.15) is 5.82 Å². The molecule has 232 valence electrons. The van der Waals surface area contributed by atoms with Gasteiger partial charge in [0.2, 0.25) is 11.8 Å². The molecule has 0 spiro atoms. The first-order chi connectivity index (χ1) is 21.1. The van der Waals surface area contributed by atoms with E-state index in [1.807, 2.05) is 36.6 Å². The number of nitrogens with zero attached hydrogens (tertiary/aromatic N) is 2. The van der Waals surface area contributed by atoms with Crippen LogP contribution >= 0.6 is 11.8 Å². The number of nitrogens with one attached hydrogen (secondary N) is 2. The summed E-state index contributed by atoms with van der Waals surface area (Å²) >= 11 is 1.20. The van der Waals surface area contributed by atoms with Crippen LogP contribution in [0.1, 0.15) is 25.1 Å². The molecule has 4 rings (SSSR count). The Bertz CT molecular complexity index is 1620. The normalized spacial score (nSPS) is 11.1. The molecular weight excluding hydrogens is 587 g/mol. The van der Waals surface area contributed by atoms with Gasteiger partial charge in [0.15, 0.2) is 28.2 Å². The quantitative estimate of drug-likeness (QED) is 0.195. The average molecular weight is 623 g/mol. The minimum absolute atomic E-state index is 0.00191. The molecule has 10 nitrogen and oxygen atoms in total. The van der Waals surface area contributed by atoms with Crippen molar-refractivity contribution in [2.75, 3.05) is 46.1 Å². The molecule has 0 unspecified atom stereocenters. The predicted octanol–water partition coefficient (Wildman–Crippen LogP) is 5.22. The van der Waals surface area contributed by atoms with Crippen molar-refractivity contribution in [2.24, 2.45) is 0 Å². The number of aromatic nitrogens is 2. The Morgan fingerprint density at radius 3 is 2.09 bits per heavy atom. The molecule has 1 aromatic heterocycles. The summed E-state index contributed by atoms with van der Waals surface area (Å²) in [5.74, 6) is 1.08. The average Bonchev–Trinajstić information content (AvgIpc) is 3.47.